The topological polar surface area (TPSA) is 99.9 Å². The maximum absolute atomic E-state index is 13.7. The molecule has 0 aliphatic carbocycles. The smallest absolute Gasteiger partial charge is 0.165 e. The van der Waals surface area contributed by atoms with Crippen LogP contribution in [0.3, 0.4) is 0 Å². The molecule has 1 unspecified atom stereocenters. The number of nitrogens with two attached hydrogens (primary N) is 1. The molecule has 5 rings (SSSR count). The molecule has 0 bridgehead atoms. The zero-order valence-corrected chi connectivity index (χ0v) is 18.8. The highest BCUT2D eigenvalue weighted by Crippen LogP contribution is 2.31. The lowest BCUT2D eigenvalue weighted by Crippen LogP contribution is -2.34. The molecular formula is C22H20BrFN6O2. The van der Waals surface area contributed by atoms with Gasteiger partial charge in [-0.15, -0.1) is 0 Å². The monoisotopic (exact) mass is 498 g/mol. The van der Waals surface area contributed by atoms with Crippen molar-refractivity contribution in [1.82, 2.24) is 19.6 Å². The molecule has 0 radical (unpaired) electrons. The van der Waals surface area contributed by atoms with Gasteiger partial charge in [-0.05, 0) is 40.2 Å². The predicted molar refractivity (Wildman–Crippen MR) is 123 cm³/mol. The van der Waals surface area contributed by atoms with Gasteiger partial charge in [0.05, 0.1) is 41.6 Å². The SMILES string of the molecule is COC1COCCC1=NCc1nc2c(-c3cnc4ccc(F)cc4c3)cnn2c(N)c1Br. The van der Waals surface area contributed by atoms with Gasteiger partial charge in [-0.3, -0.25) is 9.98 Å². The molecule has 164 valence electrons. The van der Waals surface area contributed by atoms with Crippen LogP contribution in [0.4, 0.5) is 10.2 Å². The number of hydrogen-bond donors (Lipinski definition) is 1. The lowest BCUT2D eigenvalue weighted by molar-refractivity contribution is 0.0276. The summed E-state index contributed by atoms with van der Waals surface area (Å²) in [4.78, 5) is 14.0. The zero-order chi connectivity index (χ0) is 22.2. The van der Waals surface area contributed by atoms with Crippen molar-refractivity contribution in [1.29, 1.82) is 0 Å². The number of benzene rings is 1. The van der Waals surface area contributed by atoms with Gasteiger partial charge in [-0.1, -0.05) is 0 Å². The summed E-state index contributed by atoms with van der Waals surface area (Å²) in [6, 6.07) is 6.37. The van der Waals surface area contributed by atoms with Gasteiger partial charge in [0, 0.05) is 42.0 Å². The van der Waals surface area contributed by atoms with Crippen LogP contribution < -0.4 is 5.73 Å². The van der Waals surface area contributed by atoms with E-state index in [4.69, 9.17) is 25.2 Å². The van der Waals surface area contributed by atoms with Crippen LogP contribution >= 0.6 is 15.9 Å². The fourth-order valence-corrected chi connectivity index (χ4v) is 4.17. The minimum atomic E-state index is -0.313. The molecule has 0 saturated carbocycles. The Balaban J connectivity index is 1.57. The van der Waals surface area contributed by atoms with Crippen LogP contribution in [0.2, 0.25) is 0 Å². The molecule has 1 aliphatic rings. The van der Waals surface area contributed by atoms with Gasteiger partial charge in [0.2, 0.25) is 0 Å². The van der Waals surface area contributed by atoms with E-state index in [9.17, 15) is 4.39 Å². The summed E-state index contributed by atoms with van der Waals surface area (Å²) in [6.07, 6.45) is 3.97. The van der Waals surface area contributed by atoms with E-state index >= 15 is 0 Å². The van der Waals surface area contributed by atoms with Gasteiger partial charge in [0.1, 0.15) is 17.7 Å². The first-order valence-corrected chi connectivity index (χ1v) is 10.9. The Hall–Kier alpha value is -2.95. The number of nitrogens with zero attached hydrogens (tertiary/aromatic N) is 5. The molecule has 0 amide bonds. The van der Waals surface area contributed by atoms with Crippen molar-refractivity contribution in [3.05, 3.63) is 52.6 Å². The molecule has 4 heterocycles. The molecule has 1 aliphatic heterocycles. The summed E-state index contributed by atoms with van der Waals surface area (Å²) >= 11 is 3.54. The van der Waals surface area contributed by atoms with Crippen molar-refractivity contribution in [2.75, 3.05) is 26.1 Å². The van der Waals surface area contributed by atoms with E-state index in [1.165, 1.54) is 12.1 Å². The Bertz CT molecular complexity index is 1360. The van der Waals surface area contributed by atoms with E-state index in [-0.39, 0.29) is 11.9 Å². The van der Waals surface area contributed by atoms with Crippen LogP contribution in [0.15, 0.2) is 46.1 Å². The Morgan fingerprint density at radius 1 is 1.34 bits per heavy atom. The van der Waals surface area contributed by atoms with E-state index in [2.05, 4.69) is 26.0 Å². The molecular weight excluding hydrogens is 479 g/mol. The second-order valence-corrected chi connectivity index (χ2v) is 8.26. The van der Waals surface area contributed by atoms with E-state index < -0.39 is 0 Å². The molecule has 1 atom stereocenters. The molecule has 10 heteroatoms. The van der Waals surface area contributed by atoms with E-state index in [1.54, 1.807) is 30.1 Å². The molecule has 1 fully saturated rings. The summed E-state index contributed by atoms with van der Waals surface area (Å²) in [7, 11) is 1.65. The molecule has 1 aromatic carbocycles. The normalized spacial score (nSPS) is 18.1. The first kappa shape index (κ1) is 20.9. The second kappa shape index (κ2) is 8.53. The number of anilines is 1. The first-order chi connectivity index (χ1) is 15.5. The van der Waals surface area contributed by atoms with Crippen molar-refractivity contribution in [3.63, 3.8) is 0 Å². The number of hydrogen-bond acceptors (Lipinski definition) is 7. The summed E-state index contributed by atoms with van der Waals surface area (Å²) in [5.41, 5.74) is 10.8. The van der Waals surface area contributed by atoms with Crippen LogP contribution in [-0.2, 0) is 16.0 Å². The number of methoxy groups -OCH3 is 1. The number of halogens is 2. The molecule has 4 aromatic rings. The van der Waals surface area contributed by atoms with Crippen LogP contribution in [0, 0.1) is 5.82 Å². The third-order valence-electron chi connectivity index (χ3n) is 5.51. The highest BCUT2D eigenvalue weighted by atomic mass is 79.9. The Labute approximate surface area is 191 Å². The van der Waals surface area contributed by atoms with Crippen molar-refractivity contribution in [2.45, 2.75) is 19.1 Å². The summed E-state index contributed by atoms with van der Waals surface area (Å²) in [5.74, 6) is 0.109. The maximum Gasteiger partial charge on any atom is 0.165 e. The van der Waals surface area contributed by atoms with Crippen molar-refractivity contribution < 1.29 is 13.9 Å². The van der Waals surface area contributed by atoms with Gasteiger partial charge in [0.25, 0.3) is 0 Å². The van der Waals surface area contributed by atoms with E-state index in [0.717, 1.165) is 16.8 Å². The van der Waals surface area contributed by atoms with Crippen LogP contribution in [0.25, 0.3) is 27.7 Å². The van der Waals surface area contributed by atoms with Crippen LogP contribution in [-0.4, -0.2) is 51.7 Å². The molecule has 1 saturated heterocycles. The van der Waals surface area contributed by atoms with Crippen molar-refractivity contribution >= 4 is 44.0 Å². The minimum absolute atomic E-state index is 0.154. The van der Waals surface area contributed by atoms with Crippen molar-refractivity contribution in [2.24, 2.45) is 4.99 Å². The fourth-order valence-electron chi connectivity index (χ4n) is 3.79. The number of fused-ring (bicyclic) bond motifs is 2. The molecule has 32 heavy (non-hydrogen) atoms. The molecule has 3 aromatic heterocycles. The number of rotatable bonds is 4. The van der Waals surface area contributed by atoms with Gasteiger partial charge in [-0.2, -0.15) is 9.61 Å². The maximum atomic E-state index is 13.7. The standard InChI is InChI=1S/C22H20BrFN6O2/c1-31-19-11-32-5-4-17(19)27-10-18-20(23)21(25)30-22(29-18)15(9-28-30)13-6-12-7-14(24)2-3-16(12)26-8-13/h2-3,6-9,19H,4-5,10-11,25H2,1H3. The van der Waals surface area contributed by atoms with Gasteiger partial charge in [0.15, 0.2) is 5.65 Å². The summed E-state index contributed by atoms with van der Waals surface area (Å²) < 4.78 is 26.8. The summed E-state index contributed by atoms with van der Waals surface area (Å²) in [6.45, 7) is 1.45. The average Bonchev–Trinajstić information content (AvgIpc) is 3.24. The Kier molecular flexibility index (Phi) is 5.58. The highest BCUT2D eigenvalue weighted by Gasteiger charge is 2.21. The first-order valence-electron chi connectivity index (χ1n) is 10.1. The van der Waals surface area contributed by atoms with Gasteiger partial charge < -0.3 is 15.2 Å². The molecule has 0 spiro atoms. The van der Waals surface area contributed by atoms with Crippen LogP contribution in [0.5, 0.6) is 0 Å². The third-order valence-corrected chi connectivity index (χ3v) is 6.37. The lowest BCUT2D eigenvalue weighted by Gasteiger charge is -2.23. The van der Waals surface area contributed by atoms with Crippen molar-refractivity contribution in [3.8, 4) is 11.1 Å². The fraction of sp³-hybridized carbons (Fsp3) is 0.273. The quantitative estimate of drug-likeness (QED) is 0.459. The third kappa shape index (κ3) is 3.74. The number of aromatic nitrogens is 4. The Morgan fingerprint density at radius 2 is 2.22 bits per heavy atom. The predicted octanol–water partition coefficient (Wildman–Crippen LogP) is 3.80. The largest absolute Gasteiger partial charge is 0.383 e. The van der Waals surface area contributed by atoms with Gasteiger partial charge >= 0.3 is 0 Å². The number of ether oxygens (including phenoxy) is 2. The Morgan fingerprint density at radius 3 is 3.06 bits per heavy atom. The average molecular weight is 499 g/mol. The zero-order valence-electron chi connectivity index (χ0n) is 17.3. The molecule has 8 nitrogen and oxygen atoms in total. The number of aliphatic imine (C=N–C) groups is 1. The van der Waals surface area contributed by atoms with Gasteiger partial charge in [-0.25, -0.2) is 9.37 Å². The minimum Gasteiger partial charge on any atom is -0.383 e. The number of nitrogen functional groups attached to an aromatic ring is 1. The molecule has 2 N–H and O–H groups in total. The van der Waals surface area contributed by atoms with E-state index in [0.29, 0.717) is 58.7 Å². The van der Waals surface area contributed by atoms with E-state index in [1.807, 2.05) is 6.07 Å². The number of pyridine rings is 1. The second-order valence-electron chi connectivity index (χ2n) is 7.47. The highest BCUT2D eigenvalue weighted by molar-refractivity contribution is 9.10. The summed E-state index contributed by atoms with van der Waals surface area (Å²) in [5, 5.41) is 5.09. The van der Waals surface area contributed by atoms with Crippen LogP contribution in [0.1, 0.15) is 12.1 Å². The lowest BCUT2D eigenvalue weighted by atomic mass is 10.1.